The number of nitrogens with zero attached hydrogens (tertiary/aromatic N) is 2. The van der Waals surface area contributed by atoms with Gasteiger partial charge in [0.25, 0.3) is 5.91 Å². The molecule has 0 saturated heterocycles. The van der Waals surface area contributed by atoms with E-state index in [2.05, 4.69) is 22.4 Å². The third-order valence-electron chi connectivity index (χ3n) is 4.70. The highest BCUT2D eigenvalue weighted by Crippen LogP contribution is 2.28. The lowest BCUT2D eigenvalue weighted by molar-refractivity contribution is 0.0531. The standard InChI is InChI=1S/C22H21N3O3S2/c1-3-28-21(27)19-14(2)23-22(30-19)24-20(26)17-13-18-16(10-12-29-18)25(17)11-9-15-7-5-4-6-8-15/h4-8,10,12-13H,3,9,11H2,1-2H3,(H,23,24,26). The summed E-state index contributed by atoms with van der Waals surface area (Å²) in [5, 5.41) is 5.27. The van der Waals surface area contributed by atoms with E-state index in [1.54, 1.807) is 25.2 Å². The van der Waals surface area contributed by atoms with Crippen molar-refractivity contribution in [1.29, 1.82) is 0 Å². The van der Waals surface area contributed by atoms with Gasteiger partial charge in [-0.25, -0.2) is 9.78 Å². The summed E-state index contributed by atoms with van der Waals surface area (Å²) in [7, 11) is 0. The fourth-order valence-corrected chi connectivity index (χ4v) is 4.97. The zero-order chi connectivity index (χ0) is 21.1. The Balaban J connectivity index is 1.57. The summed E-state index contributed by atoms with van der Waals surface area (Å²) < 4.78 is 8.16. The minimum Gasteiger partial charge on any atom is -0.462 e. The number of benzene rings is 1. The molecule has 0 aliphatic rings. The molecule has 30 heavy (non-hydrogen) atoms. The van der Waals surface area contributed by atoms with Crippen molar-refractivity contribution >= 4 is 49.9 Å². The number of thiophene rings is 1. The van der Waals surface area contributed by atoms with Crippen LogP contribution in [-0.2, 0) is 17.7 Å². The topological polar surface area (TPSA) is 73.2 Å². The van der Waals surface area contributed by atoms with Gasteiger partial charge in [0.2, 0.25) is 0 Å². The average Bonchev–Trinajstić information content (AvgIpc) is 3.42. The quantitative estimate of drug-likeness (QED) is 0.405. The monoisotopic (exact) mass is 439 g/mol. The molecule has 0 aliphatic carbocycles. The first-order valence-electron chi connectivity index (χ1n) is 9.63. The Morgan fingerprint density at radius 2 is 2.00 bits per heavy atom. The summed E-state index contributed by atoms with van der Waals surface area (Å²) in [4.78, 5) is 29.8. The zero-order valence-electron chi connectivity index (χ0n) is 16.7. The van der Waals surface area contributed by atoms with E-state index in [1.807, 2.05) is 40.3 Å². The van der Waals surface area contributed by atoms with E-state index in [4.69, 9.17) is 4.74 Å². The first-order valence-corrected chi connectivity index (χ1v) is 11.3. The van der Waals surface area contributed by atoms with Crippen LogP contribution in [0.2, 0.25) is 0 Å². The number of nitrogens with one attached hydrogen (secondary N) is 1. The van der Waals surface area contributed by atoms with Crippen molar-refractivity contribution in [3.63, 3.8) is 0 Å². The van der Waals surface area contributed by atoms with Crippen molar-refractivity contribution in [2.24, 2.45) is 0 Å². The van der Waals surface area contributed by atoms with Crippen LogP contribution < -0.4 is 5.32 Å². The molecule has 0 spiro atoms. The highest BCUT2D eigenvalue weighted by atomic mass is 32.1. The fraction of sp³-hybridized carbons (Fsp3) is 0.227. The van der Waals surface area contributed by atoms with Crippen LogP contribution in [-0.4, -0.2) is 28.0 Å². The second kappa shape index (κ2) is 8.81. The number of ether oxygens (including phenoxy) is 1. The summed E-state index contributed by atoms with van der Waals surface area (Å²) in [6.45, 7) is 4.48. The molecule has 0 radical (unpaired) electrons. The van der Waals surface area contributed by atoms with Crippen LogP contribution in [0, 0.1) is 6.92 Å². The van der Waals surface area contributed by atoms with Gasteiger partial charge in [0.05, 0.1) is 22.5 Å². The number of rotatable bonds is 7. The first kappa shape index (κ1) is 20.3. The molecule has 3 heterocycles. The Bertz CT molecular complexity index is 1190. The molecule has 0 bridgehead atoms. The van der Waals surface area contributed by atoms with Gasteiger partial charge in [0.1, 0.15) is 10.6 Å². The van der Waals surface area contributed by atoms with Gasteiger partial charge in [0.15, 0.2) is 5.13 Å². The third kappa shape index (κ3) is 4.15. The zero-order valence-corrected chi connectivity index (χ0v) is 18.3. The summed E-state index contributed by atoms with van der Waals surface area (Å²) in [5.74, 6) is -0.657. The molecule has 1 amide bonds. The van der Waals surface area contributed by atoms with Gasteiger partial charge >= 0.3 is 5.97 Å². The van der Waals surface area contributed by atoms with E-state index >= 15 is 0 Å². The first-order chi connectivity index (χ1) is 14.6. The van der Waals surface area contributed by atoms with Crippen molar-refractivity contribution in [3.8, 4) is 0 Å². The molecular weight excluding hydrogens is 418 g/mol. The number of hydrogen-bond donors (Lipinski definition) is 1. The summed E-state index contributed by atoms with van der Waals surface area (Å²) in [6, 6.07) is 14.2. The fourth-order valence-electron chi connectivity index (χ4n) is 3.29. The van der Waals surface area contributed by atoms with Crippen molar-refractivity contribution in [1.82, 2.24) is 9.55 Å². The number of thiazole rings is 1. The molecule has 3 aromatic heterocycles. The molecular formula is C22H21N3O3S2. The van der Waals surface area contributed by atoms with Crippen LogP contribution in [0.25, 0.3) is 10.2 Å². The summed E-state index contributed by atoms with van der Waals surface area (Å²) in [5.41, 5.74) is 3.40. The van der Waals surface area contributed by atoms with E-state index < -0.39 is 5.97 Å². The summed E-state index contributed by atoms with van der Waals surface area (Å²) >= 11 is 2.74. The lowest BCUT2D eigenvalue weighted by atomic mass is 10.1. The van der Waals surface area contributed by atoms with Gasteiger partial charge in [-0.2, -0.15) is 0 Å². The van der Waals surface area contributed by atoms with Crippen LogP contribution >= 0.6 is 22.7 Å². The number of aryl methyl sites for hydroxylation is 3. The summed E-state index contributed by atoms with van der Waals surface area (Å²) in [6.07, 6.45) is 0.824. The average molecular weight is 440 g/mol. The molecule has 0 saturated carbocycles. The SMILES string of the molecule is CCOC(=O)c1sc(NC(=O)c2cc3sccc3n2CCc2ccccc2)nc1C. The Hall–Kier alpha value is -2.97. The van der Waals surface area contributed by atoms with Crippen LogP contribution in [0.1, 0.15) is 38.3 Å². The molecule has 1 N–H and O–H groups in total. The molecule has 0 aliphatic heterocycles. The van der Waals surface area contributed by atoms with Crippen molar-refractivity contribution < 1.29 is 14.3 Å². The minimum absolute atomic E-state index is 0.240. The minimum atomic E-state index is -0.417. The van der Waals surface area contributed by atoms with Crippen LogP contribution in [0.15, 0.2) is 47.8 Å². The molecule has 1 aromatic carbocycles. The van der Waals surface area contributed by atoms with E-state index in [-0.39, 0.29) is 5.91 Å². The third-order valence-corrected chi connectivity index (χ3v) is 6.61. The second-order valence-corrected chi connectivity index (χ2v) is 8.64. The second-order valence-electron chi connectivity index (χ2n) is 6.70. The number of fused-ring (bicyclic) bond motifs is 1. The number of carbonyl (C=O) groups excluding carboxylic acids is 2. The van der Waals surface area contributed by atoms with E-state index in [0.717, 1.165) is 28.0 Å². The van der Waals surface area contributed by atoms with Gasteiger partial charge < -0.3 is 9.30 Å². The van der Waals surface area contributed by atoms with Crippen LogP contribution in [0.5, 0.6) is 0 Å². The van der Waals surface area contributed by atoms with Gasteiger partial charge in [-0.3, -0.25) is 10.1 Å². The number of carbonyl (C=O) groups is 2. The van der Waals surface area contributed by atoms with Gasteiger partial charge in [-0.05, 0) is 43.3 Å². The molecule has 4 aromatic rings. The predicted molar refractivity (Wildman–Crippen MR) is 121 cm³/mol. The highest BCUT2D eigenvalue weighted by Gasteiger charge is 2.21. The van der Waals surface area contributed by atoms with Crippen molar-refractivity contribution in [2.75, 3.05) is 11.9 Å². The number of esters is 1. The van der Waals surface area contributed by atoms with Gasteiger partial charge in [0, 0.05) is 6.54 Å². The largest absolute Gasteiger partial charge is 0.462 e. The number of amides is 1. The molecule has 8 heteroatoms. The van der Waals surface area contributed by atoms with Crippen molar-refractivity contribution in [3.05, 3.63) is 69.7 Å². The lowest BCUT2D eigenvalue weighted by Gasteiger charge is -2.10. The molecule has 0 unspecified atom stereocenters. The Kier molecular flexibility index (Phi) is 5.96. The molecule has 0 atom stereocenters. The molecule has 154 valence electrons. The Labute approximate surface area is 182 Å². The maximum Gasteiger partial charge on any atom is 0.350 e. The predicted octanol–water partition coefficient (Wildman–Crippen LogP) is 5.14. The smallest absolute Gasteiger partial charge is 0.350 e. The number of anilines is 1. The highest BCUT2D eigenvalue weighted by molar-refractivity contribution is 7.18. The number of hydrogen-bond acceptors (Lipinski definition) is 6. The van der Waals surface area contributed by atoms with Gasteiger partial charge in [-0.1, -0.05) is 41.7 Å². The maximum absolute atomic E-state index is 13.1. The molecule has 0 fully saturated rings. The molecule has 6 nitrogen and oxygen atoms in total. The van der Waals surface area contributed by atoms with E-state index in [1.165, 1.54) is 5.56 Å². The Morgan fingerprint density at radius 3 is 2.77 bits per heavy atom. The molecule has 4 rings (SSSR count). The number of aromatic nitrogens is 2. The normalized spacial score (nSPS) is 11.0. The van der Waals surface area contributed by atoms with E-state index in [0.29, 0.717) is 34.5 Å². The van der Waals surface area contributed by atoms with Crippen LogP contribution in [0.4, 0.5) is 5.13 Å². The van der Waals surface area contributed by atoms with Crippen molar-refractivity contribution in [2.45, 2.75) is 26.8 Å². The van der Waals surface area contributed by atoms with E-state index in [9.17, 15) is 9.59 Å². The lowest BCUT2D eigenvalue weighted by Crippen LogP contribution is -2.17. The van der Waals surface area contributed by atoms with Crippen LogP contribution in [0.3, 0.4) is 0 Å². The van der Waals surface area contributed by atoms with Gasteiger partial charge in [-0.15, -0.1) is 11.3 Å². The maximum atomic E-state index is 13.1. The Morgan fingerprint density at radius 1 is 1.20 bits per heavy atom.